The predicted molar refractivity (Wildman–Crippen MR) is 63.5 cm³/mol. The van der Waals surface area contributed by atoms with Gasteiger partial charge in [-0.2, -0.15) is 0 Å². The zero-order chi connectivity index (χ0) is 10.4. The molecule has 0 aromatic rings. The average molecular weight is 197 g/mol. The second-order valence-corrected chi connectivity index (χ2v) is 5.05. The Morgan fingerprint density at radius 2 is 1.93 bits per heavy atom. The van der Waals surface area contributed by atoms with E-state index < -0.39 is 0 Å². The largest absolute Gasteiger partial charge is 0.317 e. The van der Waals surface area contributed by atoms with Gasteiger partial charge in [0.05, 0.1) is 0 Å². The molecule has 0 bridgehead atoms. The highest BCUT2D eigenvalue weighted by Gasteiger charge is 2.22. The van der Waals surface area contributed by atoms with E-state index in [1.165, 1.54) is 44.9 Å². The zero-order valence-corrected chi connectivity index (χ0v) is 10.2. The maximum absolute atomic E-state index is 3.51. The topological polar surface area (TPSA) is 12.0 Å². The zero-order valence-electron chi connectivity index (χ0n) is 10.2. The van der Waals surface area contributed by atoms with Crippen LogP contribution < -0.4 is 5.32 Å². The first-order valence-corrected chi connectivity index (χ1v) is 6.45. The first-order chi connectivity index (χ1) is 6.77. The van der Waals surface area contributed by atoms with E-state index in [2.05, 4.69) is 26.2 Å². The Labute approximate surface area is 89.7 Å². The van der Waals surface area contributed by atoms with Crippen molar-refractivity contribution in [3.8, 4) is 0 Å². The summed E-state index contributed by atoms with van der Waals surface area (Å²) in [5.41, 5.74) is 0. The highest BCUT2D eigenvalue weighted by molar-refractivity contribution is 4.78. The molecule has 1 aliphatic rings. The van der Waals surface area contributed by atoms with E-state index >= 15 is 0 Å². The minimum atomic E-state index is 0.762. The molecular formula is C13H27N. The Bertz CT molecular complexity index is 138. The van der Waals surface area contributed by atoms with Crippen molar-refractivity contribution in [1.29, 1.82) is 0 Å². The van der Waals surface area contributed by atoms with Gasteiger partial charge in [-0.05, 0) is 31.7 Å². The van der Waals surface area contributed by atoms with Gasteiger partial charge in [-0.15, -0.1) is 0 Å². The molecule has 0 heterocycles. The Kier molecular flexibility index (Phi) is 5.54. The number of hydrogen-bond acceptors (Lipinski definition) is 1. The molecule has 1 N–H and O–H groups in total. The Hall–Kier alpha value is -0.0400. The monoisotopic (exact) mass is 197 g/mol. The summed E-state index contributed by atoms with van der Waals surface area (Å²) in [5, 5.41) is 3.51. The normalized spacial score (nSPS) is 22.5. The summed E-state index contributed by atoms with van der Waals surface area (Å²) in [7, 11) is 2.13. The maximum Gasteiger partial charge on any atom is 0.00923 e. The highest BCUT2D eigenvalue weighted by Crippen LogP contribution is 2.30. The summed E-state index contributed by atoms with van der Waals surface area (Å²) in [6.45, 7) is 4.69. The molecule has 14 heavy (non-hydrogen) atoms. The van der Waals surface area contributed by atoms with Gasteiger partial charge in [-0.25, -0.2) is 0 Å². The van der Waals surface area contributed by atoms with Crippen molar-refractivity contribution in [3.63, 3.8) is 0 Å². The highest BCUT2D eigenvalue weighted by atomic mass is 14.9. The summed E-state index contributed by atoms with van der Waals surface area (Å²) in [5.74, 6) is 1.87. The van der Waals surface area contributed by atoms with Crippen molar-refractivity contribution in [2.45, 2.75) is 64.8 Å². The quantitative estimate of drug-likeness (QED) is 0.686. The van der Waals surface area contributed by atoms with E-state index in [0.717, 1.165) is 17.9 Å². The molecule has 0 spiro atoms. The lowest BCUT2D eigenvalue weighted by Gasteiger charge is -2.26. The molecule has 0 amide bonds. The van der Waals surface area contributed by atoms with Gasteiger partial charge in [0.15, 0.2) is 0 Å². The van der Waals surface area contributed by atoms with Crippen LogP contribution in [0.5, 0.6) is 0 Å². The summed E-state index contributed by atoms with van der Waals surface area (Å²) in [6.07, 6.45) is 10.0. The summed E-state index contributed by atoms with van der Waals surface area (Å²) in [4.78, 5) is 0. The van der Waals surface area contributed by atoms with E-state index in [-0.39, 0.29) is 0 Å². The lowest BCUT2D eigenvalue weighted by molar-refractivity contribution is 0.307. The lowest BCUT2D eigenvalue weighted by Crippen LogP contribution is -2.33. The van der Waals surface area contributed by atoms with Crippen LogP contribution in [-0.4, -0.2) is 13.1 Å². The standard InChI is InChI=1S/C13H27N/c1-4-7-11(2)13(14-3)10-12-8-5-6-9-12/h11-14H,4-10H2,1-3H3. The molecule has 1 fully saturated rings. The smallest absolute Gasteiger partial charge is 0.00923 e. The van der Waals surface area contributed by atoms with Crippen molar-refractivity contribution < 1.29 is 0 Å². The van der Waals surface area contributed by atoms with Crippen molar-refractivity contribution in [2.24, 2.45) is 11.8 Å². The third-order valence-corrected chi connectivity index (χ3v) is 3.86. The van der Waals surface area contributed by atoms with Gasteiger partial charge in [0.2, 0.25) is 0 Å². The lowest BCUT2D eigenvalue weighted by atomic mass is 9.88. The molecule has 0 aromatic carbocycles. The van der Waals surface area contributed by atoms with E-state index in [1.54, 1.807) is 0 Å². The van der Waals surface area contributed by atoms with Crippen molar-refractivity contribution >= 4 is 0 Å². The maximum atomic E-state index is 3.51. The summed E-state index contributed by atoms with van der Waals surface area (Å²) < 4.78 is 0. The summed E-state index contributed by atoms with van der Waals surface area (Å²) in [6, 6.07) is 0.762. The molecule has 0 aliphatic heterocycles. The van der Waals surface area contributed by atoms with Crippen LogP contribution in [0.3, 0.4) is 0 Å². The molecule has 84 valence electrons. The SMILES string of the molecule is CCCC(C)C(CC1CCCC1)NC. The van der Waals surface area contributed by atoms with Crippen LogP contribution in [0.1, 0.15) is 58.8 Å². The van der Waals surface area contributed by atoms with Gasteiger partial charge in [0, 0.05) is 6.04 Å². The average Bonchev–Trinajstić information content (AvgIpc) is 2.66. The molecule has 1 heteroatoms. The molecule has 2 atom stereocenters. The molecule has 2 unspecified atom stereocenters. The molecule has 1 nitrogen and oxygen atoms in total. The molecule has 0 aromatic heterocycles. The molecule has 1 saturated carbocycles. The molecule has 1 rings (SSSR count). The fraction of sp³-hybridized carbons (Fsp3) is 1.00. The van der Waals surface area contributed by atoms with E-state index in [4.69, 9.17) is 0 Å². The van der Waals surface area contributed by atoms with E-state index in [0.29, 0.717) is 0 Å². The fourth-order valence-electron chi connectivity index (χ4n) is 2.90. The van der Waals surface area contributed by atoms with Gasteiger partial charge in [0.1, 0.15) is 0 Å². The van der Waals surface area contributed by atoms with E-state index in [9.17, 15) is 0 Å². The van der Waals surface area contributed by atoms with Gasteiger partial charge >= 0.3 is 0 Å². The Morgan fingerprint density at radius 3 is 2.43 bits per heavy atom. The second kappa shape index (κ2) is 6.44. The number of nitrogens with one attached hydrogen (secondary N) is 1. The third-order valence-electron chi connectivity index (χ3n) is 3.86. The van der Waals surface area contributed by atoms with Crippen LogP contribution >= 0.6 is 0 Å². The Morgan fingerprint density at radius 1 is 1.29 bits per heavy atom. The van der Waals surface area contributed by atoms with Crippen LogP contribution in [0.4, 0.5) is 0 Å². The van der Waals surface area contributed by atoms with Crippen LogP contribution in [0.2, 0.25) is 0 Å². The van der Waals surface area contributed by atoms with Gasteiger partial charge in [-0.1, -0.05) is 46.0 Å². The minimum Gasteiger partial charge on any atom is -0.317 e. The van der Waals surface area contributed by atoms with Crippen LogP contribution in [0, 0.1) is 11.8 Å². The first kappa shape index (κ1) is 12.0. The van der Waals surface area contributed by atoms with Crippen molar-refractivity contribution in [1.82, 2.24) is 5.32 Å². The van der Waals surface area contributed by atoms with Crippen molar-refractivity contribution in [3.05, 3.63) is 0 Å². The minimum absolute atomic E-state index is 0.762. The van der Waals surface area contributed by atoms with Gasteiger partial charge < -0.3 is 5.32 Å². The second-order valence-electron chi connectivity index (χ2n) is 5.05. The molecule has 1 aliphatic carbocycles. The van der Waals surface area contributed by atoms with Crippen LogP contribution in [-0.2, 0) is 0 Å². The first-order valence-electron chi connectivity index (χ1n) is 6.45. The summed E-state index contributed by atoms with van der Waals surface area (Å²) >= 11 is 0. The number of rotatable bonds is 6. The predicted octanol–water partition coefficient (Wildman–Crippen LogP) is 3.59. The fourth-order valence-corrected chi connectivity index (χ4v) is 2.90. The van der Waals surface area contributed by atoms with Crippen LogP contribution in [0.15, 0.2) is 0 Å². The third kappa shape index (κ3) is 3.61. The number of hydrogen-bond donors (Lipinski definition) is 1. The molecule has 0 saturated heterocycles. The van der Waals surface area contributed by atoms with Gasteiger partial charge in [-0.3, -0.25) is 0 Å². The van der Waals surface area contributed by atoms with Gasteiger partial charge in [0.25, 0.3) is 0 Å². The van der Waals surface area contributed by atoms with E-state index in [1.807, 2.05) is 0 Å². The molecule has 0 radical (unpaired) electrons. The molecular weight excluding hydrogens is 170 g/mol. The Balaban J connectivity index is 2.29. The van der Waals surface area contributed by atoms with Crippen molar-refractivity contribution in [2.75, 3.05) is 7.05 Å². The van der Waals surface area contributed by atoms with Crippen LogP contribution in [0.25, 0.3) is 0 Å².